The first-order chi connectivity index (χ1) is 15.3. The van der Waals surface area contributed by atoms with Gasteiger partial charge in [0.25, 0.3) is 5.91 Å². The average Bonchev–Trinajstić information content (AvgIpc) is 3.39. The third kappa shape index (κ3) is 4.75. The van der Waals surface area contributed by atoms with Gasteiger partial charge in [-0.1, -0.05) is 37.3 Å². The van der Waals surface area contributed by atoms with Gasteiger partial charge in [0.2, 0.25) is 0 Å². The minimum atomic E-state index is -4.38. The molecule has 0 unspecified atom stereocenters. The van der Waals surface area contributed by atoms with Gasteiger partial charge in [-0.05, 0) is 36.2 Å². The molecule has 0 aliphatic heterocycles. The van der Waals surface area contributed by atoms with Crippen molar-refractivity contribution in [2.45, 2.75) is 26.1 Å². The lowest BCUT2D eigenvalue weighted by Crippen LogP contribution is -2.16. The molecule has 0 spiro atoms. The summed E-state index contributed by atoms with van der Waals surface area (Å²) < 4.78 is 41.0. The molecule has 8 heteroatoms. The predicted molar refractivity (Wildman–Crippen MR) is 121 cm³/mol. The second-order valence-corrected chi connectivity index (χ2v) is 8.28. The number of hydrazone groups is 1. The van der Waals surface area contributed by atoms with E-state index in [0.717, 1.165) is 39.9 Å². The lowest BCUT2D eigenvalue weighted by atomic mass is 10.1. The molecule has 0 aliphatic rings. The van der Waals surface area contributed by atoms with Crippen LogP contribution in [0.1, 0.15) is 38.8 Å². The van der Waals surface area contributed by atoms with E-state index in [1.54, 1.807) is 17.7 Å². The van der Waals surface area contributed by atoms with Crippen LogP contribution >= 0.6 is 11.3 Å². The van der Waals surface area contributed by atoms with Gasteiger partial charge in [-0.2, -0.15) is 18.3 Å². The van der Waals surface area contributed by atoms with Gasteiger partial charge in [0.1, 0.15) is 0 Å². The fraction of sp³-hybridized carbons (Fsp3) is 0.167. The molecule has 0 saturated heterocycles. The number of para-hydroxylation sites is 1. The maximum atomic E-state index is 13.1. The fourth-order valence-electron chi connectivity index (χ4n) is 3.46. The molecular weight excluding hydrogens is 435 g/mol. The molecule has 32 heavy (non-hydrogen) atoms. The van der Waals surface area contributed by atoms with Crippen LogP contribution in [-0.2, 0) is 19.1 Å². The van der Waals surface area contributed by atoms with Crippen molar-refractivity contribution in [3.63, 3.8) is 0 Å². The van der Waals surface area contributed by atoms with E-state index in [-0.39, 0.29) is 12.5 Å². The minimum Gasteiger partial charge on any atom is -0.342 e. The van der Waals surface area contributed by atoms with Gasteiger partial charge in [0.05, 0.1) is 17.3 Å². The van der Waals surface area contributed by atoms with Crippen molar-refractivity contribution in [1.29, 1.82) is 0 Å². The fourth-order valence-corrected chi connectivity index (χ4v) is 4.28. The number of halogens is 3. The number of rotatable bonds is 6. The second kappa shape index (κ2) is 9.00. The largest absolute Gasteiger partial charge is 0.416 e. The van der Waals surface area contributed by atoms with Crippen molar-refractivity contribution >= 4 is 34.4 Å². The molecule has 0 bridgehead atoms. The van der Waals surface area contributed by atoms with Crippen LogP contribution in [0.4, 0.5) is 13.2 Å². The molecule has 1 N–H and O–H groups in total. The van der Waals surface area contributed by atoms with E-state index >= 15 is 0 Å². The molecule has 2 heterocycles. The topological polar surface area (TPSA) is 46.4 Å². The van der Waals surface area contributed by atoms with Crippen LogP contribution in [0.2, 0.25) is 0 Å². The van der Waals surface area contributed by atoms with Gasteiger partial charge >= 0.3 is 6.18 Å². The van der Waals surface area contributed by atoms with Crippen LogP contribution in [0.15, 0.2) is 71.3 Å². The first-order valence-electron chi connectivity index (χ1n) is 10.00. The van der Waals surface area contributed by atoms with Gasteiger partial charge in [0.15, 0.2) is 0 Å². The summed E-state index contributed by atoms with van der Waals surface area (Å²) in [5.41, 5.74) is 4.59. The quantitative estimate of drug-likeness (QED) is 0.277. The lowest BCUT2D eigenvalue weighted by molar-refractivity contribution is -0.137. The van der Waals surface area contributed by atoms with Crippen molar-refractivity contribution in [3.05, 3.63) is 93.3 Å². The van der Waals surface area contributed by atoms with Crippen LogP contribution in [0.3, 0.4) is 0 Å². The third-order valence-corrected chi connectivity index (χ3v) is 6.14. The third-order valence-electron chi connectivity index (χ3n) is 5.06. The zero-order valence-electron chi connectivity index (χ0n) is 17.2. The number of carbonyl (C=O) groups excluding carboxylic acids is 1. The van der Waals surface area contributed by atoms with Crippen molar-refractivity contribution in [1.82, 2.24) is 9.99 Å². The van der Waals surface area contributed by atoms with Gasteiger partial charge in [-0.25, -0.2) is 5.43 Å². The normalized spacial score (nSPS) is 12.0. The maximum absolute atomic E-state index is 13.1. The summed E-state index contributed by atoms with van der Waals surface area (Å²) in [6, 6.07) is 14.7. The monoisotopic (exact) mass is 455 g/mol. The van der Waals surface area contributed by atoms with E-state index in [9.17, 15) is 18.0 Å². The Labute approximate surface area is 187 Å². The molecule has 1 amide bonds. The van der Waals surface area contributed by atoms with Gasteiger partial charge in [-0.15, -0.1) is 11.3 Å². The Bertz CT molecular complexity index is 1290. The summed E-state index contributed by atoms with van der Waals surface area (Å²) in [5.74, 6) is -0.287. The van der Waals surface area contributed by atoms with Gasteiger partial charge in [0, 0.05) is 39.5 Å². The summed E-state index contributed by atoms with van der Waals surface area (Å²) in [5, 5.41) is 6.77. The standard InChI is InChI=1S/C24H20F3N3OS/c1-2-20-11-17(15-32-20)23(31)29-28-12-18-14-30(22-9-4-3-8-21(18)22)13-16-6-5-7-19(10-16)24(25,26)27/h3-12,14-15H,2,13H2,1H3,(H,29,31)/b28-12+. The summed E-state index contributed by atoms with van der Waals surface area (Å²) in [4.78, 5) is 13.4. The number of aromatic nitrogens is 1. The Morgan fingerprint density at radius 1 is 1.16 bits per heavy atom. The smallest absolute Gasteiger partial charge is 0.342 e. The SMILES string of the molecule is CCc1cc(C(=O)N/N=C/c2cn(Cc3cccc(C(F)(F)F)c3)c3ccccc23)cs1. The predicted octanol–water partition coefficient (Wildman–Crippen LogP) is 6.10. The molecule has 2 aromatic carbocycles. The molecule has 4 rings (SSSR count). The zero-order chi connectivity index (χ0) is 22.7. The summed E-state index contributed by atoms with van der Waals surface area (Å²) in [6.45, 7) is 2.31. The summed E-state index contributed by atoms with van der Waals surface area (Å²) in [6.07, 6.45) is -0.145. The second-order valence-electron chi connectivity index (χ2n) is 7.28. The van der Waals surface area contributed by atoms with E-state index < -0.39 is 11.7 Å². The van der Waals surface area contributed by atoms with Crippen molar-refractivity contribution in [2.75, 3.05) is 0 Å². The Kier molecular flexibility index (Phi) is 6.14. The molecule has 4 aromatic rings. The first kappa shape index (κ1) is 21.8. The highest BCUT2D eigenvalue weighted by Gasteiger charge is 2.30. The Morgan fingerprint density at radius 2 is 1.97 bits per heavy atom. The van der Waals surface area contributed by atoms with Crippen LogP contribution in [0.5, 0.6) is 0 Å². The number of thiophene rings is 1. The Morgan fingerprint density at radius 3 is 2.72 bits per heavy atom. The van der Waals surface area contributed by atoms with Crippen molar-refractivity contribution in [3.8, 4) is 0 Å². The lowest BCUT2D eigenvalue weighted by Gasteiger charge is -2.10. The highest BCUT2D eigenvalue weighted by atomic mass is 32.1. The van der Waals surface area contributed by atoms with E-state index in [4.69, 9.17) is 0 Å². The maximum Gasteiger partial charge on any atom is 0.416 e. The number of carbonyl (C=O) groups is 1. The van der Waals surface area contributed by atoms with Gasteiger partial charge < -0.3 is 4.57 Å². The number of benzene rings is 2. The molecule has 4 nitrogen and oxygen atoms in total. The Hall–Kier alpha value is -3.39. The summed E-state index contributed by atoms with van der Waals surface area (Å²) >= 11 is 1.53. The molecule has 164 valence electrons. The summed E-state index contributed by atoms with van der Waals surface area (Å²) in [7, 11) is 0. The van der Waals surface area contributed by atoms with Crippen LogP contribution < -0.4 is 5.43 Å². The molecule has 0 atom stereocenters. The number of fused-ring (bicyclic) bond motifs is 1. The number of hydrogen-bond acceptors (Lipinski definition) is 3. The van der Waals surface area contributed by atoms with E-state index in [2.05, 4.69) is 10.5 Å². The molecule has 0 radical (unpaired) electrons. The molecule has 0 saturated carbocycles. The number of nitrogens with zero attached hydrogens (tertiary/aromatic N) is 2. The molecule has 0 aliphatic carbocycles. The zero-order valence-corrected chi connectivity index (χ0v) is 18.0. The van der Waals surface area contributed by atoms with E-state index in [1.807, 2.05) is 48.0 Å². The number of amides is 1. The van der Waals surface area contributed by atoms with E-state index in [0.29, 0.717) is 11.1 Å². The number of hydrogen-bond donors (Lipinski definition) is 1. The molecule has 2 aromatic heterocycles. The van der Waals surface area contributed by atoms with Crippen LogP contribution in [-0.4, -0.2) is 16.7 Å². The highest BCUT2D eigenvalue weighted by Crippen LogP contribution is 2.30. The highest BCUT2D eigenvalue weighted by molar-refractivity contribution is 7.10. The van der Waals surface area contributed by atoms with Crippen LogP contribution in [0.25, 0.3) is 10.9 Å². The number of alkyl halides is 3. The van der Waals surface area contributed by atoms with Gasteiger partial charge in [-0.3, -0.25) is 4.79 Å². The molecular formula is C24H20F3N3OS. The van der Waals surface area contributed by atoms with Crippen LogP contribution in [0, 0.1) is 0 Å². The van der Waals surface area contributed by atoms with Crippen molar-refractivity contribution < 1.29 is 18.0 Å². The average molecular weight is 456 g/mol. The first-order valence-corrected chi connectivity index (χ1v) is 10.9. The Balaban J connectivity index is 1.56. The number of aryl methyl sites for hydroxylation is 1. The molecule has 0 fully saturated rings. The number of nitrogens with one attached hydrogen (secondary N) is 1. The van der Waals surface area contributed by atoms with Crippen molar-refractivity contribution in [2.24, 2.45) is 5.10 Å². The minimum absolute atomic E-state index is 0.277. The van der Waals surface area contributed by atoms with E-state index in [1.165, 1.54) is 17.4 Å².